The van der Waals surface area contributed by atoms with Crippen molar-refractivity contribution in [1.82, 2.24) is 9.80 Å². The van der Waals surface area contributed by atoms with Gasteiger partial charge < -0.3 is 19.3 Å². The van der Waals surface area contributed by atoms with Gasteiger partial charge in [-0.2, -0.15) is 0 Å². The van der Waals surface area contributed by atoms with Crippen molar-refractivity contribution in [1.29, 1.82) is 0 Å². The molecular formula is C32H44N2O4. The van der Waals surface area contributed by atoms with Crippen LogP contribution in [-0.4, -0.2) is 67.6 Å². The number of unbranched alkanes of at least 4 members (excludes halogenated alkanes) is 2. The van der Waals surface area contributed by atoms with Gasteiger partial charge in [-0.15, -0.1) is 0 Å². The standard InChI is InChI=1S/C32H44N2O4/c1-25(35)38-32-19-18-28(34(3)30(36)17-10-6-9-14-26-12-7-5-8-13-26)23-31(32,20-21-33(2)24-32)27-15-11-16-29(22-27)37-4/h5,7-8,11-13,15-16,22,28H,6,9-10,14,17-21,23-24H2,1-4H3/t28-,31+,32+/m1/s1. The first-order valence-corrected chi connectivity index (χ1v) is 14.1. The number of ether oxygens (including phenoxy) is 2. The highest BCUT2D eigenvalue weighted by Gasteiger charge is 2.61. The molecule has 1 aliphatic carbocycles. The number of rotatable bonds is 10. The predicted octanol–water partition coefficient (Wildman–Crippen LogP) is 5.38. The van der Waals surface area contributed by atoms with E-state index in [4.69, 9.17) is 9.47 Å². The number of hydrogen-bond donors (Lipinski definition) is 0. The Hall–Kier alpha value is -2.86. The van der Waals surface area contributed by atoms with E-state index in [1.165, 1.54) is 12.5 Å². The highest BCUT2D eigenvalue weighted by atomic mass is 16.6. The summed E-state index contributed by atoms with van der Waals surface area (Å²) in [4.78, 5) is 30.0. The summed E-state index contributed by atoms with van der Waals surface area (Å²) in [6.45, 7) is 3.11. The zero-order valence-electron chi connectivity index (χ0n) is 23.6. The monoisotopic (exact) mass is 520 g/mol. The molecule has 1 amide bonds. The highest BCUT2D eigenvalue weighted by molar-refractivity contribution is 5.76. The fourth-order valence-corrected chi connectivity index (χ4v) is 6.83. The van der Waals surface area contributed by atoms with Crippen LogP contribution in [0.25, 0.3) is 0 Å². The van der Waals surface area contributed by atoms with Crippen LogP contribution < -0.4 is 4.74 Å². The molecule has 2 aliphatic rings. The molecule has 2 aromatic rings. The Balaban J connectivity index is 1.48. The van der Waals surface area contributed by atoms with Crippen LogP contribution >= 0.6 is 0 Å². The summed E-state index contributed by atoms with van der Waals surface area (Å²) in [6, 6.07) is 18.9. The van der Waals surface area contributed by atoms with Gasteiger partial charge in [-0.25, -0.2) is 0 Å². The summed E-state index contributed by atoms with van der Waals surface area (Å²) >= 11 is 0. The maximum Gasteiger partial charge on any atom is 0.303 e. The molecule has 2 fully saturated rings. The van der Waals surface area contributed by atoms with Crippen LogP contribution in [0.3, 0.4) is 0 Å². The SMILES string of the molecule is COc1cccc([C@@]23CCN(C)C[C@@]2(OC(C)=O)CC[C@@H](N(C)C(=O)CCCCCc2ccccc2)C3)c1. The van der Waals surface area contributed by atoms with Gasteiger partial charge in [0.2, 0.25) is 5.91 Å². The first-order chi connectivity index (χ1) is 18.3. The van der Waals surface area contributed by atoms with Crippen molar-refractivity contribution in [3.05, 3.63) is 65.7 Å². The molecule has 2 aromatic carbocycles. The molecule has 3 atom stereocenters. The van der Waals surface area contributed by atoms with Gasteiger partial charge >= 0.3 is 5.97 Å². The Morgan fingerprint density at radius 2 is 1.84 bits per heavy atom. The van der Waals surface area contributed by atoms with Gasteiger partial charge in [0, 0.05) is 38.4 Å². The summed E-state index contributed by atoms with van der Waals surface area (Å²) in [5.41, 5.74) is 1.48. The Kier molecular flexibility index (Phi) is 9.14. The maximum absolute atomic E-state index is 13.3. The molecule has 0 aromatic heterocycles. The van der Waals surface area contributed by atoms with Crippen LogP contribution in [0.5, 0.6) is 5.75 Å². The molecule has 0 bridgehead atoms. The number of hydrogen-bond acceptors (Lipinski definition) is 5. The van der Waals surface area contributed by atoms with Gasteiger partial charge in [0.05, 0.1) is 7.11 Å². The lowest BCUT2D eigenvalue weighted by molar-refractivity contribution is -0.188. The normalized spacial score (nSPS) is 25.3. The van der Waals surface area contributed by atoms with Crippen molar-refractivity contribution in [2.75, 3.05) is 34.3 Å². The Bertz CT molecular complexity index is 1090. The smallest absolute Gasteiger partial charge is 0.303 e. The van der Waals surface area contributed by atoms with Gasteiger partial charge in [0.25, 0.3) is 0 Å². The zero-order valence-corrected chi connectivity index (χ0v) is 23.6. The summed E-state index contributed by atoms with van der Waals surface area (Å²) in [6.07, 6.45) is 7.88. The van der Waals surface area contributed by atoms with Crippen molar-refractivity contribution in [3.63, 3.8) is 0 Å². The molecular weight excluding hydrogens is 476 g/mol. The number of nitrogens with zero attached hydrogens (tertiary/aromatic N) is 2. The number of carbonyl (C=O) groups is 2. The Labute approximate surface area is 228 Å². The molecule has 1 heterocycles. The number of likely N-dealkylation sites (N-methyl/N-ethyl adjacent to an activating group) is 1. The molecule has 0 radical (unpaired) electrons. The van der Waals surface area contributed by atoms with E-state index in [1.54, 1.807) is 7.11 Å². The number of carbonyl (C=O) groups excluding carboxylic acids is 2. The molecule has 1 saturated carbocycles. The van der Waals surface area contributed by atoms with Gasteiger partial charge in [0.15, 0.2) is 0 Å². The van der Waals surface area contributed by atoms with Crippen molar-refractivity contribution in [3.8, 4) is 5.75 Å². The second-order valence-corrected chi connectivity index (χ2v) is 11.3. The largest absolute Gasteiger partial charge is 0.497 e. The third kappa shape index (κ3) is 6.06. The second kappa shape index (κ2) is 12.3. The van der Waals surface area contributed by atoms with E-state index in [1.807, 2.05) is 30.1 Å². The quantitative estimate of drug-likeness (QED) is 0.311. The van der Waals surface area contributed by atoms with E-state index in [9.17, 15) is 9.59 Å². The van der Waals surface area contributed by atoms with Crippen LogP contribution in [0.2, 0.25) is 0 Å². The lowest BCUT2D eigenvalue weighted by Gasteiger charge is -2.59. The molecule has 0 spiro atoms. The average molecular weight is 521 g/mol. The summed E-state index contributed by atoms with van der Waals surface area (Å²) in [7, 11) is 5.74. The van der Waals surface area contributed by atoms with E-state index in [0.717, 1.165) is 69.2 Å². The fourth-order valence-electron chi connectivity index (χ4n) is 6.83. The van der Waals surface area contributed by atoms with E-state index in [0.29, 0.717) is 13.0 Å². The minimum Gasteiger partial charge on any atom is -0.497 e. The third-order valence-corrected chi connectivity index (χ3v) is 8.88. The predicted molar refractivity (Wildman–Crippen MR) is 150 cm³/mol. The molecule has 0 N–H and O–H groups in total. The van der Waals surface area contributed by atoms with E-state index in [2.05, 4.69) is 48.3 Å². The maximum atomic E-state index is 13.3. The molecule has 38 heavy (non-hydrogen) atoms. The zero-order chi connectivity index (χ0) is 27.2. The second-order valence-electron chi connectivity index (χ2n) is 11.3. The number of esters is 1. The number of piperidine rings is 1. The fraction of sp³-hybridized carbons (Fsp3) is 0.562. The molecule has 206 valence electrons. The summed E-state index contributed by atoms with van der Waals surface area (Å²) in [5, 5.41) is 0. The third-order valence-electron chi connectivity index (χ3n) is 8.88. The van der Waals surface area contributed by atoms with Crippen LogP contribution in [0.1, 0.15) is 69.4 Å². The van der Waals surface area contributed by atoms with Crippen molar-refractivity contribution >= 4 is 11.9 Å². The number of aryl methyl sites for hydroxylation is 1. The summed E-state index contributed by atoms with van der Waals surface area (Å²) < 4.78 is 11.9. The van der Waals surface area contributed by atoms with Crippen LogP contribution in [0.4, 0.5) is 0 Å². The number of likely N-dealkylation sites (tertiary alicyclic amines) is 1. The van der Waals surface area contributed by atoms with Crippen LogP contribution in [0, 0.1) is 0 Å². The minimum absolute atomic E-state index is 0.102. The van der Waals surface area contributed by atoms with Gasteiger partial charge in [-0.3, -0.25) is 9.59 Å². The van der Waals surface area contributed by atoms with Crippen molar-refractivity contribution in [2.24, 2.45) is 0 Å². The lowest BCUT2D eigenvalue weighted by Crippen LogP contribution is -2.68. The number of amides is 1. The topological polar surface area (TPSA) is 59.1 Å². The Morgan fingerprint density at radius 3 is 2.58 bits per heavy atom. The summed E-state index contributed by atoms with van der Waals surface area (Å²) in [5.74, 6) is 0.768. The number of benzene rings is 2. The molecule has 1 aliphatic heterocycles. The minimum atomic E-state index is -0.629. The first kappa shape index (κ1) is 28.2. The van der Waals surface area contributed by atoms with Gasteiger partial charge in [0.1, 0.15) is 11.4 Å². The molecule has 6 heteroatoms. The molecule has 4 rings (SSSR count). The van der Waals surface area contributed by atoms with E-state index in [-0.39, 0.29) is 23.3 Å². The first-order valence-electron chi connectivity index (χ1n) is 14.1. The average Bonchev–Trinajstić information content (AvgIpc) is 2.92. The van der Waals surface area contributed by atoms with Gasteiger partial charge in [-0.05, 0) is 81.8 Å². The molecule has 0 unspecified atom stereocenters. The Morgan fingerprint density at radius 1 is 1.05 bits per heavy atom. The molecule has 6 nitrogen and oxygen atoms in total. The number of methoxy groups -OCH3 is 1. The van der Waals surface area contributed by atoms with Gasteiger partial charge in [-0.1, -0.05) is 48.9 Å². The molecule has 1 saturated heterocycles. The van der Waals surface area contributed by atoms with Crippen molar-refractivity contribution < 1.29 is 19.1 Å². The van der Waals surface area contributed by atoms with Crippen LogP contribution in [-0.2, 0) is 26.2 Å². The number of fused-ring (bicyclic) bond motifs is 1. The van der Waals surface area contributed by atoms with Crippen LogP contribution in [0.15, 0.2) is 54.6 Å². The lowest BCUT2D eigenvalue weighted by atomic mass is 9.55. The van der Waals surface area contributed by atoms with Crippen molar-refractivity contribution in [2.45, 2.75) is 81.8 Å². The highest BCUT2D eigenvalue weighted by Crippen LogP contribution is 2.54. The van der Waals surface area contributed by atoms with E-state index >= 15 is 0 Å². The van der Waals surface area contributed by atoms with E-state index < -0.39 is 5.60 Å².